The number of rotatable bonds is 8. The third-order valence-electron chi connectivity index (χ3n) is 5.28. The van der Waals surface area contributed by atoms with Crippen LogP contribution in [0.15, 0.2) is 47.1 Å². The molecule has 2 aromatic heterocycles. The zero-order chi connectivity index (χ0) is 20.4. The largest absolute Gasteiger partial charge is 0.490 e. The van der Waals surface area contributed by atoms with Gasteiger partial charge in [-0.15, -0.1) is 0 Å². The van der Waals surface area contributed by atoms with Crippen LogP contribution in [0, 0.1) is 13.8 Å². The average molecular weight is 396 g/mol. The van der Waals surface area contributed by atoms with Gasteiger partial charge >= 0.3 is 0 Å². The summed E-state index contributed by atoms with van der Waals surface area (Å²) in [6.45, 7) is 8.46. The molecule has 3 aromatic rings. The maximum atomic E-state index is 10.7. The lowest BCUT2D eigenvalue weighted by atomic mass is 10.1. The molecule has 6 nitrogen and oxygen atoms in total. The van der Waals surface area contributed by atoms with E-state index in [9.17, 15) is 5.11 Å². The molecule has 1 aliphatic rings. The summed E-state index contributed by atoms with van der Waals surface area (Å²) >= 11 is 0. The Morgan fingerprint density at radius 3 is 2.83 bits per heavy atom. The summed E-state index contributed by atoms with van der Waals surface area (Å²) in [5.74, 6) is 1.88. The highest BCUT2D eigenvalue weighted by atomic mass is 16.5. The van der Waals surface area contributed by atoms with Crippen LogP contribution in [0.3, 0.4) is 0 Å². The van der Waals surface area contributed by atoms with Gasteiger partial charge in [-0.3, -0.25) is 9.58 Å². The lowest BCUT2D eigenvalue weighted by Gasteiger charge is -2.25. The summed E-state index contributed by atoms with van der Waals surface area (Å²) in [5.41, 5.74) is 4.51. The van der Waals surface area contributed by atoms with Crippen LogP contribution < -0.4 is 4.74 Å². The highest BCUT2D eigenvalue weighted by molar-refractivity contribution is 5.40. The minimum Gasteiger partial charge on any atom is -0.490 e. The Kier molecular flexibility index (Phi) is 5.74. The Balaban J connectivity index is 1.46. The lowest BCUT2D eigenvalue weighted by Crippen LogP contribution is -2.34. The standard InChI is InChI=1S/C23H29N3O3/c1-16-9-17(2)26(24-16)14-21(27)13-25(15-22-5-4-8-28-22)12-19-6-7-23-20(11-19)10-18(3)29-23/h4-9,11,18,21,27H,10,12-15H2,1-3H3/t18-,21-/m0/s1. The fraction of sp³-hybridized carbons (Fsp3) is 0.435. The molecule has 4 rings (SSSR count). The minimum atomic E-state index is -0.527. The maximum absolute atomic E-state index is 10.7. The molecular formula is C23H29N3O3. The molecule has 0 saturated carbocycles. The molecule has 0 bridgehead atoms. The molecule has 0 spiro atoms. The van der Waals surface area contributed by atoms with Crippen LogP contribution in [0.4, 0.5) is 0 Å². The first kappa shape index (κ1) is 19.7. The van der Waals surface area contributed by atoms with E-state index in [-0.39, 0.29) is 6.10 Å². The molecular weight excluding hydrogens is 366 g/mol. The van der Waals surface area contributed by atoms with Crippen molar-refractivity contribution in [3.63, 3.8) is 0 Å². The summed E-state index contributed by atoms with van der Waals surface area (Å²) in [6, 6.07) is 12.3. The lowest BCUT2D eigenvalue weighted by molar-refractivity contribution is 0.0839. The highest BCUT2D eigenvalue weighted by Gasteiger charge is 2.21. The van der Waals surface area contributed by atoms with Gasteiger partial charge in [0.15, 0.2) is 0 Å². The van der Waals surface area contributed by atoms with E-state index < -0.39 is 6.10 Å². The van der Waals surface area contributed by atoms with Crippen molar-refractivity contribution < 1.29 is 14.3 Å². The zero-order valence-corrected chi connectivity index (χ0v) is 17.3. The first-order chi connectivity index (χ1) is 14.0. The van der Waals surface area contributed by atoms with Crippen molar-refractivity contribution >= 4 is 0 Å². The Hall–Kier alpha value is -2.57. The number of aromatic nitrogens is 2. The van der Waals surface area contributed by atoms with Gasteiger partial charge in [0.05, 0.1) is 31.2 Å². The number of nitrogens with zero attached hydrogens (tertiary/aromatic N) is 3. The molecule has 1 aromatic carbocycles. The van der Waals surface area contributed by atoms with Crippen molar-refractivity contribution in [3.05, 3.63) is 70.9 Å². The van der Waals surface area contributed by atoms with E-state index in [0.29, 0.717) is 19.6 Å². The average Bonchev–Trinajstić information content (AvgIpc) is 3.35. The second kappa shape index (κ2) is 8.43. The summed E-state index contributed by atoms with van der Waals surface area (Å²) in [7, 11) is 0. The van der Waals surface area contributed by atoms with Crippen LogP contribution >= 0.6 is 0 Å². The van der Waals surface area contributed by atoms with Crippen molar-refractivity contribution in [2.45, 2.75) is 59.0 Å². The van der Waals surface area contributed by atoms with Crippen LogP contribution in [0.5, 0.6) is 5.75 Å². The predicted molar refractivity (Wildman–Crippen MR) is 111 cm³/mol. The Morgan fingerprint density at radius 2 is 2.10 bits per heavy atom. The monoisotopic (exact) mass is 395 g/mol. The minimum absolute atomic E-state index is 0.238. The number of hydrogen-bond donors (Lipinski definition) is 1. The smallest absolute Gasteiger partial charge is 0.123 e. The van der Waals surface area contributed by atoms with E-state index in [4.69, 9.17) is 9.15 Å². The third-order valence-corrected chi connectivity index (χ3v) is 5.28. The van der Waals surface area contributed by atoms with E-state index in [1.165, 1.54) is 11.1 Å². The number of aliphatic hydroxyl groups excluding tert-OH is 1. The fourth-order valence-electron chi connectivity index (χ4n) is 4.06. The van der Waals surface area contributed by atoms with Gasteiger partial charge in [0.1, 0.15) is 17.6 Å². The van der Waals surface area contributed by atoms with E-state index >= 15 is 0 Å². The maximum Gasteiger partial charge on any atom is 0.123 e. The first-order valence-corrected chi connectivity index (χ1v) is 10.2. The molecule has 0 fully saturated rings. The molecule has 1 aliphatic heterocycles. The van der Waals surface area contributed by atoms with Gasteiger partial charge in [0.25, 0.3) is 0 Å². The summed E-state index contributed by atoms with van der Waals surface area (Å²) in [4.78, 5) is 2.22. The van der Waals surface area contributed by atoms with E-state index in [0.717, 1.165) is 35.9 Å². The topological polar surface area (TPSA) is 63.7 Å². The number of fused-ring (bicyclic) bond motifs is 1. The molecule has 1 N–H and O–H groups in total. The number of benzene rings is 1. The second-order valence-electron chi connectivity index (χ2n) is 8.09. The van der Waals surface area contributed by atoms with E-state index in [1.54, 1.807) is 6.26 Å². The molecule has 0 unspecified atom stereocenters. The molecule has 0 amide bonds. The van der Waals surface area contributed by atoms with Crippen LogP contribution in [0.1, 0.15) is 35.2 Å². The van der Waals surface area contributed by atoms with Gasteiger partial charge in [-0.2, -0.15) is 5.10 Å². The van der Waals surface area contributed by atoms with E-state index in [1.807, 2.05) is 36.7 Å². The van der Waals surface area contributed by atoms with Gasteiger partial charge < -0.3 is 14.3 Å². The van der Waals surface area contributed by atoms with Crippen molar-refractivity contribution in [2.24, 2.45) is 0 Å². The van der Waals surface area contributed by atoms with Gasteiger partial charge in [-0.1, -0.05) is 12.1 Å². The van der Waals surface area contributed by atoms with E-state index in [2.05, 4.69) is 35.1 Å². The molecule has 3 heterocycles. The third kappa shape index (κ3) is 4.89. The molecule has 2 atom stereocenters. The van der Waals surface area contributed by atoms with Gasteiger partial charge in [-0.05, 0) is 56.2 Å². The van der Waals surface area contributed by atoms with Gasteiger partial charge in [0, 0.05) is 25.2 Å². The zero-order valence-electron chi connectivity index (χ0n) is 17.3. The van der Waals surface area contributed by atoms with Crippen LogP contribution in [-0.2, 0) is 26.1 Å². The number of aliphatic hydroxyl groups is 1. The van der Waals surface area contributed by atoms with Gasteiger partial charge in [0.2, 0.25) is 0 Å². The van der Waals surface area contributed by atoms with Crippen molar-refractivity contribution in [1.29, 1.82) is 0 Å². The SMILES string of the molecule is Cc1cc(C)n(C[C@@H](O)CN(Cc2ccc3c(c2)C[C@H](C)O3)Cc2ccco2)n1. The Bertz CT molecular complexity index is 948. The normalized spacial score (nSPS) is 16.8. The van der Waals surface area contributed by atoms with Crippen LogP contribution in [-0.4, -0.2) is 38.5 Å². The molecule has 154 valence electrons. The van der Waals surface area contributed by atoms with Crippen LogP contribution in [0.2, 0.25) is 0 Å². The molecule has 0 saturated heterocycles. The summed E-state index contributed by atoms with van der Waals surface area (Å²) in [6.07, 6.45) is 2.35. The first-order valence-electron chi connectivity index (χ1n) is 10.2. The fourth-order valence-corrected chi connectivity index (χ4v) is 4.06. The molecule has 0 aliphatic carbocycles. The number of hydrogen-bond acceptors (Lipinski definition) is 5. The van der Waals surface area contributed by atoms with Crippen molar-refractivity contribution in [1.82, 2.24) is 14.7 Å². The van der Waals surface area contributed by atoms with Crippen molar-refractivity contribution in [3.8, 4) is 5.75 Å². The van der Waals surface area contributed by atoms with Crippen LogP contribution in [0.25, 0.3) is 0 Å². The number of ether oxygens (including phenoxy) is 1. The number of furan rings is 1. The highest BCUT2D eigenvalue weighted by Crippen LogP contribution is 2.30. The predicted octanol–water partition coefficient (Wildman–Crippen LogP) is 3.48. The Morgan fingerprint density at radius 1 is 1.24 bits per heavy atom. The molecule has 0 radical (unpaired) electrons. The van der Waals surface area contributed by atoms with Gasteiger partial charge in [-0.25, -0.2) is 0 Å². The quantitative estimate of drug-likeness (QED) is 0.633. The summed E-state index contributed by atoms with van der Waals surface area (Å²) < 4.78 is 13.2. The number of aryl methyl sites for hydroxylation is 2. The Labute approximate surface area is 171 Å². The van der Waals surface area contributed by atoms with Crippen molar-refractivity contribution in [2.75, 3.05) is 6.54 Å². The summed E-state index contributed by atoms with van der Waals surface area (Å²) in [5, 5.41) is 15.2. The molecule has 6 heteroatoms. The second-order valence-corrected chi connectivity index (χ2v) is 8.09. The molecule has 29 heavy (non-hydrogen) atoms.